The number of fused-ring (bicyclic) bond motifs is 5. The molecule has 0 aliphatic heterocycles. The van der Waals surface area contributed by atoms with Crippen LogP contribution in [-0.2, 0) is 9.53 Å². The third-order valence-corrected chi connectivity index (χ3v) is 12.0. The van der Waals surface area contributed by atoms with Gasteiger partial charge in [-0.05, 0) is 96.8 Å². The lowest BCUT2D eigenvalue weighted by molar-refractivity contribution is -0.145. The van der Waals surface area contributed by atoms with Gasteiger partial charge >= 0.3 is 5.97 Å². The van der Waals surface area contributed by atoms with Crippen molar-refractivity contribution in [2.24, 2.45) is 46.3 Å². The van der Waals surface area contributed by atoms with Gasteiger partial charge < -0.3 is 4.74 Å². The second-order valence-electron chi connectivity index (χ2n) is 14.7. The van der Waals surface area contributed by atoms with Gasteiger partial charge in [0.2, 0.25) is 0 Å². The Morgan fingerprint density at radius 1 is 0.975 bits per heavy atom. The van der Waals surface area contributed by atoms with E-state index in [-0.39, 0.29) is 12.1 Å². The molecule has 2 heteroatoms. The molecule has 0 unspecified atom stereocenters. The van der Waals surface area contributed by atoms with Crippen LogP contribution in [0.2, 0.25) is 0 Å². The highest BCUT2D eigenvalue weighted by molar-refractivity contribution is 5.82. The predicted octanol–water partition coefficient (Wildman–Crippen LogP) is 10.2. The molecule has 0 amide bonds. The lowest BCUT2D eigenvalue weighted by atomic mass is 9.47. The molecule has 1 aromatic rings. The molecule has 0 saturated heterocycles. The molecule has 4 aliphatic rings. The maximum absolute atomic E-state index is 12.6. The fourth-order valence-corrected chi connectivity index (χ4v) is 9.82. The molecule has 0 spiro atoms. The molecule has 0 aromatic heterocycles. The molecule has 0 bridgehead atoms. The number of benzene rings is 1. The van der Waals surface area contributed by atoms with E-state index in [1.165, 1.54) is 51.4 Å². The fraction of sp³-hybridized carbons (Fsp3) is 0.658. The first kappa shape index (κ1) is 29.4. The first-order valence-corrected chi connectivity index (χ1v) is 16.5. The Labute approximate surface area is 244 Å². The summed E-state index contributed by atoms with van der Waals surface area (Å²) >= 11 is 0. The molecule has 1 aromatic carbocycles. The normalized spacial score (nSPS) is 36.2. The van der Waals surface area contributed by atoms with Crippen LogP contribution >= 0.6 is 0 Å². The van der Waals surface area contributed by atoms with Crippen molar-refractivity contribution in [3.8, 4) is 0 Å². The molecular weight excluding hydrogens is 488 g/mol. The third-order valence-electron chi connectivity index (χ3n) is 12.0. The summed E-state index contributed by atoms with van der Waals surface area (Å²) in [5.74, 6) is 4.93. The van der Waals surface area contributed by atoms with E-state index in [1.807, 2.05) is 30.4 Å². The number of hydrogen-bond acceptors (Lipinski definition) is 2. The van der Waals surface area contributed by atoms with E-state index in [0.29, 0.717) is 10.8 Å². The average molecular weight is 543 g/mol. The van der Waals surface area contributed by atoms with E-state index in [2.05, 4.69) is 52.8 Å². The summed E-state index contributed by atoms with van der Waals surface area (Å²) in [5, 5.41) is 0. The summed E-state index contributed by atoms with van der Waals surface area (Å²) in [6.07, 6.45) is 24.1. The Morgan fingerprint density at radius 2 is 1.77 bits per heavy atom. The summed E-state index contributed by atoms with van der Waals surface area (Å²) in [5.41, 5.74) is 3.55. The maximum Gasteiger partial charge on any atom is 0.331 e. The Hall–Kier alpha value is -2.09. The van der Waals surface area contributed by atoms with Crippen LogP contribution in [-0.4, -0.2) is 12.1 Å². The number of carbonyl (C=O) groups excluding carboxylic acids is 1. The van der Waals surface area contributed by atoms with Gasteiger partial charge in [0.05, 0.1) is 0 Å². The van der Waals surface area contributed by atoms with Crippen molar-refractivity contribution in [2.45, 2.75) is 111 Å². The second kappa shape index (κ2) is 12.4. The van der Waals surface area contributed by atoms with E-state index in [4.69, 9.17) is 4.74 Å². The van der Waals surface area contributed by atoms with Gasteiger partial charge in [-0.3, -0.25) is 0 Å². The van der Waals surface area contributed by atoms with Crippen LogP contribution in [0.5, 0.6) is 0 Å². The van der Waals surface area contributed by atoms with Crippen molar-refractivity contribution >= 4 is 12.0 Å². The van der Waals surface area contributed by atoms with Crippen molar-refractivity contribution in [3.05, 3.63) is 65.8 Å². The molecule has 3 saturated carbocycles. The highest BCUT2D eigenvalue weighted by Gasteiger charge is 2.59. The van der Waals surface area contributed by atoms with Crippen LogP contribution < -0.4 is 0 Å². The molecule has 0 N–H and O–H groups in total. The smallest absolute Gasteiger partial charge is 0.331 e. The minimum absolute atomic E-state index is 0.0162. The Morgan fingerprint density at radius 3 is 2.55 bits per heavy atom. The first-order chi connectivity index (χ1) is 19.2. The molecule has 0 heterocycles. The lowest BCUT2D eigenvalue weighted by Crippen LogP contribution is -2.51. The topological polar surface area (TPSA) is 26.3 Å². The van der Waals surface area contributed by atoms with Gasteiger partial charge in [0, 0.05) is 12.5 Å². The standard InChI is InChI=1S/C38H54O2/c1-27(2)12-11-13-28(3)33-20-21-34-32-19-18-30-26-31(22-24-37(30,4)35(32)23-25-38(33,34)5)40-36(39)17-10-9-16-29-14-7-6-8-15-29/h6-10,14-18,27-28,31-35H,11-13,19-26H2,1-5H3/b16-9+,17-10+/t28-,31+,32-,33+,34+,35-,37+,38-/m1/s1. The zero-order valence-electron chi connectivity index (χ0n) is 25.9. The number of esters is 1. The summed E-state index contributed by atoms with van der Waals surface area (Å²) in [7, 11) is 0. The molecular formula is C38H54O2. The van der Waals surface area contributed by atoms with Crippen LogP contribution in [0.4, 0.5) is 0 Å². The van der Waals surface area contributed by atoms with Gasteiger partial charge in [0.25, 0.3) is 0 Å². The minimum atomic E-state index is -0.214. The fourth-order valence-electron chi connectivity index (χ4n) is 9.82. The van der Waals surface area contributed by atoms with Crippen LogP contribution in [0.1, 0.15) is 111 Å². The van der Waals surface area contributed by atoms with E-state index in [9.17, 15) is 4.79 Å². The molecule has 0 radical (unpaired) electrons. The SMILES string of the molecule is CC(C)CCC[C@@H](C)[C@@H]1CC[C@H]2[C@H]3CC=C4C[C@@H](OC(=O)/C=C/C=C/c5ccccc5)CC[C@]4(C)[C@@H]3CC[C@@]21C. The molecule has 5 rings (SSSR count). The highest BCUT2D eigenvalue weighted by atomic mass is 16.5. The summed E-state index contributed by atoms with van der Waals surface area (Å²) in [6.45, 7) is 12.5. The monoisotopic (exact) mass is 542 g/mol. The van der Waals surface area contributed by atoms with Crippen molar-refractivity contribution in [2.75, 3.05) is 0 Å². The molecule has 218 valence electrons. The van der Waals surface area contributed by atoms with E-state index < -0.39 is 0 Å². The molecule has 4 aliphatic carbocycles. The van der Waals surface area contributed by atoms with Gasteiger partial charge in [-0.25, -0.2) is 4.79 Å². The van der Waals surface area contributed by atoms with Gasteiger partial charge in [0.1, 0.15) is 6.10 Å². The highest BCUT2D eigenvalue weighted by Crippen LogP contribution is 2.67. The predicted molar refractivity (Wildman–Crippen MR) is 168 cm³/mol. The second-order valence-corrected chi connectivity index (χ2v) is 14.7. The lowest BCUT2D eigenvalue weighted by Gasteiger charge is -2.58. The number of ether oxygens (including phenoxy) is 1. The van der Waals surface area contributed by atoms with Gasteiger partial charge in [-0.1, -0.05) is 114 Å². The summed E-state index contributed by atoms with van der Waals surface area (Å²) in [6, 6.07) is 10.1. The molecule has 2 nitrogen and oxygen atoms in total. The van der Waals surface area contributed by atoms with Crippen molar-refractivity contribution in [1.82, 2.24) is 0 Å². The number of rotatable bonds is 9. The van der Waals surface area contributed by atoms with Gasteiger partial charge in [-0.15, -0.1) is 0 Å². The van der Waals surface area contributed by atoms with E-state index in [1.54, 1.807) is 17.7 Å². The van der Waals surface area contributed by atoms with Gasteiger partial charge in [-0.2, -0.15) is 0 Å². The Balaban J connectivity index is 1.18. The van der Waals surface area contributed by atoms with Crippen molar-refractivity contribution in [3.63, 3.8) is 0 Å². The summed E-state index contributed by atoms with van der Waals surface area (Å²) in [4.78, 5) is 12.6. The third kappa shape index (κ3) is 6.07. The zero-order chi connectivity index (χ0) is 28.3. The van der Waals surface area contributed by atoms with Crippen molar-refractivity contribution < 1.29 is 9.53 Å². The number of carbonyl (C=O) groups is 1. The first-order valence-electron chi connectivity index (χ1n) is 16.5. The van der Waals surface area contributed by atoms with Crippen LogP contribution in [0.3, 0.4) is 0 Å². The maximum atomic E-state index is 12.6. The molecule has 8 atom stereocenters. The van der Waals surface area contributed by atoms with Crippen LogP contribution in [0, 0.1) is 46.3 Å². The van der Waals surface area contributed by atoms with Gasteiger partial charge in [0.15, 0.2) is 0 Å². The molecule has 40 heavy (non-hydrogen) atoms. The Kier molecular flexibility index (Phi) is 9.13. The largest absolute Gasteiger partial charge is 0.459 e. The van der Waals surface area contributed by atoms with E-state index >= 15 is 0 Å². The zero-order valence-corrected chi connectivity index (χ0v) is 25.9. The molecule has 3 fully saturated rings. The Bertz CT molecular complexity index is 1100. The summed E-state index contributed by atoms with van der Waals surface area (Å²) < 4.78 is 5.95. The van der Waals surface area contributed by atoms with Crippen molar-refractivity contribution in [1.29, 1.82) is 0 Å². The van der Waals surface area contributed by atoms with Crippen LogP contribution in [0.25, 0.3) is 6.08 Å². The van der Waals surface area contributed by atoms with E-state index in [0.717, 1.165) is 60.3 Å². The average Bonchev–Trinajstić information content (AvgIpc) is 3.29. The minimum Gasteiger partial charge on any atom is -0.459 e. The quantitative estimate of drug-likeness (QED) is 0.134. The number of hydrogen-bond donors (Lipinski definition) is 0. The van der Waals surface area contributed by atoms with Crippen LogP contribution in [0.15, 0.2) is 60.2 Å². The number of allylic oxidation sites excluding steroid dienone is 3.